The number of oxime groups is 1. The lowest BCUT2D eigenvalue weighted by Crippen LogP contribution is -2.29. The second-order valence-corrected chi connectivity index (χ2v) is 7.98. The van der Waals surface area contributed by atoms with Crippen molar-refractivity contribution in [2.75, 3.05) is 0 Å². The minimum absolute atomic E-state index is 0.369. The predicted octanol–water partition coefficient (Wildman–Crippen LogP) is 4.80. The van der Waals surface area contributed by atoms with Crippen LogP contribution in [0.3, 0.4) is 0 Å². The number of fused-ring (bicyclic) bond motifs is 2. The standard InChI is InChI=1S/C25H21N3O4/c1-25(2)30-22-10-9-19(14-23(22)31-25)21(15-28-12-11-26-16-28)27-32-24(29)20-8-7-17-5-3-4-6-18(17)13-20/h3-14,16H,15H2,1-2H3. The molecule has 0 radical (unpaired) electrons. The molecule has 0 amide bonds. The number of imidazole rings is 1. The predicted molar refractivity (Wildman–Crippen MR) is 120 cm³/mol. The average molecular weight is 427 g/mol. The monoisotopic (exact) mass is 427 g/mol. The Hall–Kier alpha value is -4.13. The van der Waals surface area contributed by atoms with E-state index in [4.69, 9.17) is 14.3 Å². The highest BCUT2D eigenvalue weighted by molar-refractivity contribution is 6.02. The van der Waals surface area contributed by atoms with E-state index in [1.165, 1.54) is 0 Å². The van der Waals surface area contributed by atoms with E-state index in [0.717, 1.165) is 16.3 Å². The van der Waals surface area contributed by atoms with Crippen LogP contribution < -0.4 is 9.47 Å². The summed E-state index contributed by atoms with van der Waals surface area (Å²) in [5.74, 6) is 0.0202. The maximum Gasteiger partial charge on any atom is 0.365 e. The number of aromatic nitrogens is 2. The largest absolute Gasteiger partial charge is 0.449 e. The molecule has 0 saturated heterocycles. The average Bonchev–Trinajstić information content (AvgIpc) is 3.41. The van der Waals surface area contributed by atoms with Crippen molar-refractivity contribution in [1.82, 2.24) is 9.55 Å². The van der Waals surface area contributed by atoms with Gasteiger partial charge in [-0.1, -0.05) is 35.5 Å². The van der Waals surface area contributed by atoms with Crippen LogP contribution >= 0.6 is 0 Å². The summed E-state index contributed by atoms with van der Waals surface area (Å²) in [6, 6.07) is 18.8. The van der Waals surface area contributed by atoms with E-state index in [1.54, 1.807) is 24.7 Å². The summed E-state index contributed by atoms with van der Waals surface area (Å²) in [5.41, 5.74) is 1.74. The van der Waals surface area contributed by atoms with Gasteiger partial charge in [-0.2, -0.15) is 0 Å². The highest BCUT2D eigenvalue weighted by Crippen LogP contribution is 2.39. The van der Waals surface area contributed by atoms with E-state index in [-0.39, 0.29) is 0 Å². The Labute approximate surface area is 184 Å². The molecule has 5 rings (SSSR count). The van der Waals surface area contributed by atoms with Crippen LogP contribution in [0.2, 0.25) is 0 Å². The molecule has 0 atom stereocenters. The Morgan fingerprint density at radius 2 is 1.78 bits per heavy atom. The minimum atomic E-state index is -0.731. The molecule has 7 nitrogen and oxygen atoms in total. The number of rotatable bonds is 5. The van der Waals surface area contributed by atoms with Crippen LogP contribution in [0.5, 0.6) is 11.5 Å². The molecule has 0 N–H and O–H groups in total. The lowest BCUT2D eigenvalue weighted by atomic mass is 10.1. The van der Waals surface area contributed by atoms with Gasteiger partial charge in [0.25, 0.3) is 0 Å². The highest BCUT2D eigenvalue weighted by atomic mass is 16.7. The van der Waals surface area contributed by atoms with Gasteiger partial charge < -0.3 is 18.9 Å². The Balaban J connectivity index is 1.43. The molecule has 4 aromatic rings. The molecule has 0 spiro atoms. The summed E-state index contributed by atoms with van der Waals surface area (Å²) in [5, 5.41) is 6.22. The van der Waals surface area contributed by atoms with Gasteiger partial charge in [0.2, 0.25) is 5.79 Å². The summed E-state index contributed by atoms with van der Waals surface area (Å²) in [7, 11) is 0. The van der Waals surface area contributed by atoms with Crippen LogP contribution in [0.15, 0.2) is 84.5 Å². The normalized spacial score (nSPS) is 14.5. The quantitative estimate of drug-likeness (QED) is 0.260. The van der Waals surface area contributed by atoms with E-state index >= 15 is 0 Å². The molecular formula is C25H21N3O4. The highest BCUT2D eigenvalue weighted by Gasteiger charge is 2.32. The molecule has 160 valence electrons. The first-order chi connectivity index (χ1) is 15.5. The topological polar surface area (TPSA) is 74.9 Å². The van der Waals surface area contributed by atoms with E-state index in [1.807, 2.05) is 73.1 Å². The third-order valence-electron chi connectivity index (χ3n) is 5.10. The molecule has 0 unspecified atom stereocenters. The van der Waals surface area contributed by atoms with Crippen molar-refractivity contribution in [3.63, 3.8) is 0 Å². The van der Waals surface area contributed by atoms with Gasteiger partial charge >= 0.3 is 5.97 Å². The number of benzene rings is 3. The second-order valence-electron chi connectivity index (χ2n) is 7.98. The van der Waals surface area contributed by atoms with Crippen molar-refractivity contribution in [1.29, 1.82) is 0 Å². The molecule has 0 aliphatic carbocycles. The number of hydrogen-bond donors (Lipinski definition) is 0. The fraction of sp³-hybridized carbons (Fsp3) is 0.160. The smallest absolute Gasteiger partial charge is 0.365 e. The molecule has 1 aliphatic heterocycles. The maximum absolute atomic E-state index is 12.7. The van der Waals surface area contributed by atoms with Gasteiger partial charge in [0.15, 0.2) is 11.5 Å². The summed E-state index contributed by atoms with van der Waals surface area (Å²) in [6.07, 6.45) is 5.17. The summed E-state index contributed by atoms with van der Waals surface area (Å²) in [4.78, 5) is 22.1. The van der Waals surface area contributed by atoms with E-state index < -0.39 is 11.8 Å². The minimum Gasteiger partial charge on any atom is -0.449 e. The molecule has 32 heavy (non-hydrogen) atoms. The molecular weight excluding hydrogens is 406 g/mol. The van der Waals surface area contributed by atoms with Crippen molar-refractivity contribution in [3.8, 4) is 11.5 Å². The van der Waals surface area contributed by atoms with Crippen molar-refractivity contribution in [2.45, 2.75) is 26.2 Å². The van der Waals surface area contributed by atoms with Crippen molar-refractivity contribution >= 4 is 22.5 Å². The van der Waals surface area contributed by atoms with Gasteiger partial charge in [0.05, 0.1) is 18.4 Å². The summed E-state index contributed by atoms with van der Waals surface area (Å²) < 4.78 is 13.5. The van der Waals surface area contributed by atoms with Crippen LogP contribution in [-0.2, 0) is 11.4 Å². The fourth-order valence-electron chi connectivity index (χ4n) is 3.59. The molecule has 7 heteroatoms. The van der Waals surface area contributed by atoms with Crippen LogP contribution in [0.4, 0.5) is 0 Å². The van der Waals surface area contributed by atoms with Gasteiger partial charge in [0, 0.05) is 31.8 Å². The molecule has 2 heterocycles. The van der Waals surface area contributed by atoms with E-state index in [0.29, 0.717) is 29.3 Å². The van der Waals surface area contributed by atoms with Crippen LogP contribution in [-0.4, -0.2) is 27.0 Å². The van der Waals surface area contributed by atoms with Crippen LogP contribution in [0.25, 0.3) is 10.8 Å². The fourth-order valence-corrected chi connectivity index (χ4v) is 3.59. The molecule has 1 aliphatic rings. The number of nitrogens with zero attached hydrogens (tertiary/aromatic N) is 3. The van der Waals surface area contributed by atoms with Crippen molar-refractivity contribution in [2.24, 2.45) is 5.16 Å². The van der Waals surface area contributed by atoms with Crippen molar-refractivity contribution in [3.05, 3.63) is 90.5 Å². The summed E-state index contributed by atoms with van der Waals surface area (Å²) in [6.45, 7) is 4.06. The first-order valence-electron chi connectivity index (χ1n) is 10.2. The molecule has 3 aromatic carbocycles. The number of ether oxygens (including phenoxy) is 2. The Kier molecular flexibility index (Phi) is 4.86. The zero-order chi connectivity index (χ0) is 22.1. The van der Waals surface area contributed by atoms with Gasteiger partial charge in [-0.25, -0.2) is 9.78 Å². The van der Waals surface area contributed by atoms with Gasteiger partial charge in [0.1, 0.15) is 5.71 Å². The third kappa shape index (κ3) is 4.05. The molecule has 0 fully saturated rings. The van der Waals surface area contributed by atoms with Gasteiger partial charge in [-0.15, -0.1) is 0 Å². The molecule has 0 saturated carbocycles. The van der Waals surface area contributed by atoms with Gasteiger partial charge in [-0.3, -0.25) is 0 Å². The second kappa shape index (κ2) is 7.85. The number of carbonyl (C=O) groups excluding carboxylic acids is 1. The molecule has 0 bridgehead atoms. The maximum atomic E-state index is 12.7. The Morgan fingerprint density at radius 1 is 1.00 bits per heavy atom. The van der Waals surface area contributed by atoms with Gasteiger partial charge in [-0.05, 0) is 41.1 Å². The zero-order valence-corrected chi connectivity index (χ0v) is 17.7. The van der Waals surface area contributed by atoms with Crippen LogP contribution in [0, 0.1) is 0 Å². The first-order valence-corrected chi connectivity index (χ1v) is 10.2. The first kappa shape index (κ1) is 19.8. The number of carbonyl (C=O) groups is 1. The Bertz CT molecular complexity index is 1330. The van der Waals surface area contributed by atoms with Crippen molar-refractivity contribution < 1.29 is 19.1 Å². The van der Waals surface area contributed by atoms with Crippen LogP contribution in [0.1, 0.15) is 29.8 Å². The molecule has 1 aromatic heterocycles. The van der Waals surface area contributed by atoms with E-state index in [2.05, 4.69) is 10.1 Å². The SMILES string of the molecule is CC1(C)Oc2ccc(C(Cn3ccnc3)=NOC(=O)c3ccc4ccccc4c3)cc2O1. The third-order valence-corrected chi connectivity index (χ3v) is 5.10. The number of hydrogen-bond acceptors (Lipinski definition) is 6. The lowest BCUT2D eigenvalue weighted by Gasteiger charge is -2.16. The lowest BCUT2D eigenvalue weighted by molar-refractivity contribution is -0.0431. The summed E-state index contributed by atoms with van der Waals surface area (Å²) >= 11 is 0. The zero-order valence-electron chi connectivity index (χ0n) is 17.7. The Morgan fingerprint density at radius 3 is 2.59 bits per heavy atom. The van der Waals surface area contributed by atoms with E-state index in [9.17, 15) is 4.79 Å².